The van der Waals surface area contributed by atoms with Crippen molar-refractivity contribution < 1.29 is 0 Å². The quantitative estimate of drug-likeness (QED) is 0.810. The SMILES string of the molecule is CCCn1c(CCC(CCN)C(C)C)nc2cccnc21. The number of aromatic nitrogens is 3. The first-order valence-electron chi connectivity index (χ1n) is 8.17. The minimum absolute atomic E-state index is 0.677. The van der Waals surface area contributed by atoms with Gasteiger partial charge in [0.05, 0.1) is 0 Å². The molecule has 0 aromatic carbocycles. The molecule has 0 aliphatic carbocycles. The fourth-order valence-electron chi connectivity index (χ4n) is 2.99. The zero-order valence-electron chi connectivity index (χ0n) is 13.5. The Morgan fingerprint density at radius 3 is 2.76 bits per heavy atom. The number of hydrogen-bond donors (Lipinski definition) is 1. The Balaban J connectivity index is 2.18. The van der Waals surface area contributed by atoms with E-state index in [0.717, 1.165) is 49.9 Å². The summed E-state index contributed by atoms with van der Waals surface area (Å²) in [5, 5.41) is 0. The second-order valence-corrected chi connectivity index (χ2v) is 6.15. The van der Waals surface area contributed by atoms with Crippen LogP contribution in [0.3, 0.4) is 0 Å². The van der Waals surface area contributed by atoms with Crippen LogP contribution in [0.4, 0.5) is 0 Å². The van der Waals surface area contributed by atoms with E-state index >= 15 is 0 Å². The summed E-state index contributed by atoms with van der Waals surface area (Å²) >= 11 is 0. The van der Waals surface area contributed by atoms with E-state index < -0.39 is 0 Å². The molecular weight excluding hydrogens is 260 g/mol. The highest BCUT2D eigenvalue weighted by Crippen LogP contribution is 2.22. The van der Waals surface area contributed by atoms with Crippen molar-refractivity contribution >= 4 is 11.2 Å². The summed E-state index contributed by atoms with van der Waals surface area (Å²) in [6.45, 7) is 8.54. The van der Waals surface area contributed by atoms with E-state index in [0.29, 0.717) is 11.8 Å². The van der Waals surface area contributed by atoms with Crippen molar-refractivity contribution in [3.05, 3.63) is 24.2 Å². The van der Waals surface area contributed by atoms with Gasteiger partial charge in [-0.2, -0.15) is 0 Å². The van der Waals surface area contributed by atoms with Crippen molar-refractivity contribution in [3.63, 3.8) is 0 Å². The molecule has 0 spiro atoms. The number of nitrogens with zero attached hydrogens (tertiary/aromatic N) is 3. The van der Waals surface area contributed by atoms with Gasteiger partial charge in [-0.25, -0.2) is 9.97 Å². The van der Waals surface area contributed by atoms with Gasteiger partial charge in [0.25, 0.3) is 0 Å². The summed E-state index contributed by atoms with van der Waals surface area (Å²) in [5.74, 6) is 2.53. The molecule has 0 saturated carbocycles. The largest absolute Gasteiger partial charge is 0.330 e. The Morgan fingerprint density at radius 2 is 2.10 bits per heavy atom. The molecule has 2 N–H and O–H groups in total. The Labute approximate surface area is 127 Å². The third-order valence-corrected chi connectivity index (χ3v) is 4.25. The summed E-state index contributed by atoms with van der Waals surface area (Å²) in [7, 11) is 0. The maximum Gasteiger partial charge on any atom is 0.159 e. The normalized spacial score (nSPS) is 13.2. The number of imidazole rings is 1. The summed E-state index contributed by atoms with van der Waals surface area (Å²) in [4.78, 5) is 9.29. The van der Waals surface area contributed by atoms with Gasteiger partial charge in [-0.05, 0) is 49.8 Å². The molecule has 2 aromatic rings. The lowest BCUT2D eigenvalue weighted by Crippen LogP contribution is -2.16. The van der Waals surface area contributed by atoms with Crippen molar-refractivity contribution in [2.75, 3.05) is 6.54 Å². The minimum Gasteiger partial charge on any atom is -0.330 e. The molecule has 1 unspecified atom stereocenters. The Kier molecular flexibility index (Phi) is 5.74. The maximum atomic E-state index is 5.74. The number of rotatable bonds is 8. The summed E-state index contributed by atoms with van der Waals surface area (Å²) < 4.78 is 2.29. The van der Waals surface area contributed by atoms with E-state index in [2.05, 4.69) is 36.4 Å². The van der Waals surface area contributed by atoms with Crippen LogP contribution in [0.2, 0.25) is 0 Å². The highest BCUT2D eigenvalue weighted by atomic mass is 15.1. The Hall–Kier alpha value is -1.42. The first-order chi connectivity index (χ1) is 10.2. The molecule has 21 heavy (non-hydrogen) atoms. The molecular formula is C17H28N4. The molecule has 0 fully saturated rings. The number of fused-ring (bicyclic) bond motifs is 1. The van der Waals surface area contributed by atoms with Gasteiger partial charge >= 0.3 is 0 Å². The molecule has 116 valence electrons. The maximum absolute atomic E-state index is 5.74. The molecule has 0 saturated heterocycles. The average molecular weight is 288 g/mol. The number of nitrogens with two attached hydrogens (primary N) is 1. The van der Waals surface area contributed by atoms with Crippen molar-refractivity contribution in [2.45, 2.75) is 53.0 Å². The molecule has 1 atom stereocenters. The van der Waals surface area contributed by atoms with Crippen molar-refractivity contribution in [1.82, 2.24) is 14.5 Å². The van der Waals surface area contributed by atoms with Crippen molar-refractivity contribution in [1.29, 1.82) is 0 Å². The van der Waals surface area contributed by atoms with E-state index in [4.69, 9.17) is 10.7 Å². The second-order valence-electron chi connectivity index (χ2n) is 6.15. The lowest BCUT2D eigenvalue weighted by molar-refractivity contribution is 0.337. The monoisotopic (exact) mass is 288 g/mol. The van der Waals surface area contributed by atoms with Gasteiger partial charge in [0.2, 0.25) is 0 Å². The first-order valence-corrected chi connectivity index (χ1v) is 8.17. The molecule has 2 aromatic heterocycles. The zero-order chi connectivity index (χ0) is 15.2. The highest BCUT2D eigenvalue weighted by Gasteiger charge is 2.16. The van der Waals surface area contributed by atoms with Gasteiger partial charge in [-0.15, -0.1) is 0 Å². The first kappa shape index (κ1) is 16.0. The fraction of sp³-hybridized carbons (Fsp3) is 0.647. The lowest BCUT2D eigenvalue weighted by Gasteiger charge is -2.20. The average Bonchev–Trinajstić information content (AvgIpc) is 2.82. The predicted molar refractivity (Wildman–Crippen MR) is 88.1 cm³/mol. The molecule has 2 heterocycles. The molecule has 4 nitrogen and oxygen atoms in total. The molecule has 0 radical (unpaired) electrons. The summed E-state index contributed by atoms with van der Waals surface area (Å²) in [6, 6.07) is 4.01. The zero-order valence-corrected chi connectivity index (χ0v) is 13.5. The van der Waals surface area contributed by atoms with Crippen molar-refractivity contribution in [3.8, 4) is 0 Å². The number of hydrogen-bond acceptors (Lipinski definition) is 3. The van der Waals surface area contributed by atoms with Crippen LogP contribution < -0.4 is 5.73 Å². The van der Waals surface area contributed by atoms with Crippen LogP contribution in [-0.4, -0.2) is 21.1 Å². The number of pyridine rings is 1. The van der Waals surface area contributed by atoms with E-state index in [1.165, 1.54) is 5.82 Å². The predicted octanol–water partition coefficient (Wildman–Crippen LogP) is 3.39. The van der Waals surface area contributed by atoms with E-state index in [-0.39, 0.29) is 0 Å². The van der Waals surface area contributed by atoms with Gasteiger partial charge in [0.1, 0.15) is 11.3 Å². The van der Waals surface area contributed by atoms with Gasteiger partial charge in [-0.3, -0.25) is 0 Å². The van der Waals surface area contributed by atoms with Gasteiger partial charge in [0.15, 0.2) is 5.65 Å². The highest BCUT2D eigenvalue weighted by molar-refractivity contribution is 5.71. The topological polar surface area (TPSA) is 56.7 Å². The third-order valence-electron chi connectivity index (χ3n) is 4.25. The van der Waals surface area contributed by atoms with Crippen LogP contribution in [0, 0.1) is 11.8 Å². The van der Waals surface area contributed by atoms with Gasteiger partial charge in [-0.1, -0.05) is 20.8 Å². The Morgan fingerprint density at radius 1 is 1.29 bits per heavy atom. The van der Waals surface area contributed by atoms with Crippen LogP contribution in [0.1, 0.15) is 45.9 Å². The van der Waals surface area contributed by atoms with Gasteiger partial charge < -0.3 is 10.3 Å². The smallest absolute Gasteiger partial charge is 0.159 e. The van der Waals surface area contributed by atoms with Crippen LogP contribution in [0.25, 0.3) is 11.2 Å². The minimum atomic E-state index is 0.677. The van der Waals surface area contributed by atoms with Crippen LogP contribution in [-0.2, 0) is 13.0 Å². The van der Waals surface area contributed by atoms with E-state index in [9.17, 15) is 0 Å². The summed E-state index contributed by atoms with van der Waals surface area (Å²) in [6.07, 6.45) is 6.22. The van der Waals surface area contributed by atoms with E-state index in [1.807, 2.05) is 12.3 Å². The summed E-state index contributed by atoms with van der Waals surface area (Å²) in [5.41, 5.74) is 7.78. The van der Waals surface area contributed by atoms with Crippen LogP contribution in [0.15, 0.2) is 18.3 Å². The molecule has 0 aliphatic rings. The van der Waals surface area contributed by atoms with Crippen LogP contribution in [0.5, 0.6) is 0 Å². The molecule has 0 aliphatic heterocycles. The molecule has 0 bridgehead atoms. The molecule has 0 amide bonds. The Bertz CT molecular complexity index is 559. The molecule has 4 heteroatoms. The van der Waals surface area contributed by atoms with E-state index in [1.54, 1.807) is 0 Å². The lowest BCUT2D eigenvalue weighted by atomic mass is 9.88. The fourth-order valence-corrected chi connectivity index (χ4v) is 2.99. The van der Waals surface area contributed by atoms with Crippen molar-refractivity contribution in [2.24, 2.45) is 17.6 Å². The molecule has 2 rings (SSSR count). The van der Waals surface area contributed by atoms with Gasteiger partial charge in [0, 0.05) is 19.2 Å². The van der Waals surface area contributed by atoms with Crippen LogP contribution >= 0.6 is 0 Å². The third kappa shape index (κ3) is 3.82. The number of aryl methyl sites for hydroxylation is 2. The second kappa shape index (κ2) is 7.55. The standard InChI is InChI=1S/C17H28N4/c1-4-12-21-16(8-7-14(9-10-18)13(2)3)20-15-6-5-11-19-17(15)21/h5-6,11,13-14H,4,7-10,12,18H2,1-3H3.